The van der Waals surface area contributed by atoms with Gasteiger partial charge >= 0.3 is 0 Å². The largest absolute Gasteiger partial charge is 0.495 e. The van der Waals surface area contributed by atoms with Gasteiger partial charge in [-0.2, -0.15) is 5.26 Å². The molecule has 0 aliphatic carbocycles. The zero-order valence-electron chi connectivity index (χ0n) is 17.4. The third-order valence-corrected chi connectivity index (χ3v) is 7.08. The summed E-state index contributed by atoms with van der Waals surface area (Å²) in [6.07, 6.45) is 0. The van der Waals surface area contributed by atoms with Crippen LogP contribution in [0.4, 0.5) is 11.4 Å². The van der Waals surface area contributed by atoms with E-state index in [4.69, 9.17) is 26.3 Å². The molecule has 0 aromatic heterocycles. The molecule has 0 radical (unpaired) electrons. The first-order chi connectivity index (χ1) is 15.8. The molecule has 10 heteroatoms. The maximum Gasteiger partial charge on any atom is 0.268 e. The number of rotatable bonds is 5. The third-order valence-electron chi connectivity index (χ3n) is 5.01. The molecule has 1 aliphatic rings. The summed E-state index contributed by atoms with van der Waals surface area (Å²) < 4.78 is 39.1. The van der Waals surface area contributed by atoms with Gasteiger partial charge in [-0.1, -0.05) is 11.6 Å². The van der Waals surface area contributed by atoms with Crippen LogP contribution >= 0.6 is 11.6 Å². The summed E-state index contributed by atoms with van der Waals surface area (Å²) in [5.41, 5.74) is 1.44. The fraction of sp³-hybridized carbons (Fsp3) is 0.130. The number of hydrogen-bond acceptors (Lipinski definition) is 6. The molecule has 3 aromatic carbocycles. The van der Waals surface area contributed by atoms with Crippen molar-refractivity contribution in [2.75, 3.05) is 29.9 Å². The number of nitrogens with one attached hydrogen (secondary N) is 1. The van der Waals surface area contributed by atoms with E-state index in [0.29, 0.717) is 17.0 Å². The van der Waals surface area contributed by atoms with Gasteiger partial charge in [0.25, 0.3) is 15.9 Å². The van der Waals surface area contributed by atoms with E-state index in [0.717, 1.165) is 0 Å². The lowest BCUT2D eigenvalue weighted by Gasteiger charge is -2.31. The van der Waals surface area contributed by atoms with Gasteiger partial charge in [-0.25, -0.2) is 8.42 Å². The topological polar surface area (TPSA) is 109 Å². The average molecular weight is 484 g/mol. The predicted octanol–water partition coefficient (Wildman–Crippen LogP) is 4.06. The van der Waals surface area contributed by atoms with Crippen LogP contribution in [0.15, 0.2) is 65.6 Å². The number of benzene rings is 3. The van der Waals surface area contributed by atoms with Crippen molar-refractivity contribution in [2.24, 2.45) is 0 Å². The molecule has 0 atom stereocenters. The first kappa shape index (κ1) is 22.5. The molecule has 8 nitrogen and oxygen atoms in total. The molecule has 0 fully saturated rings. The lowest BCUT2D eigenvalue weighted by Crippen LogP contribution is -2.38. The molecule has 1 N–H and O–H groups in total. The van der Waals surface area contributed by atoms with E-state index in [1.807, 2.05) is 6.07 Å². The van der Waals surface area contributed by atoms with Crippen LogP contribution in [0.25, 0.3) is 0 Å². The van der Waals surface area contributed by atoms with Crippen molar-refractivity contribution in [3.05, 3.63) is 76.8 Å². The van der Waals surface area contributed by atoms with Gasteiger partial charge in [-0.15, -0.1) is 0 Å². The Labute approximate surface area is 196 Å². The second-order valence-electron chi connectivity index (χ2n) is 7.05. The number of halogens is 1. The lowest BCUT2D eigenvalue weighted by molar-refractivity contribution is 0.102. The molecule has 0 bridgehead atoms. The van der Waals surface area contributed by atoms with Crippen molar-refractivity contribution in [1.29, 1.82) is 5.26 Å². The molecule has 33 heavy (non-hydrogen) atoms. The van der Waals surface area contributed by atoms with Crippen LogP contribution in [0, 0.1) is 11.3 Å². The Hall–Kier alpha value is -3.74. The number of methoxy groups -OCH3 is 1. The Morgan fingerprint density at radius 2 is 1.91 bits per heavy atom. The molecule has 0 saturated carbocycles. The molecular formula is C23H18ClN3O5S. The van der Waals surface area contributed by atoms with Crippen molar-refractivity contribution >= 4 is 38.9 Å². The number of fused-ring (bicyclic) bond motifs is 1. The van der Waals surface area contributed by atoms with Crippen LogP contribution in [0.5, 0.6) is 11.5 Å². The van der Waals surface area contributed by atoms with Crippen LogP contribution in [0.2, 0.25) is 5.02 Å². The summed E-state index contributed by atoms with van der Waals surface area (Å²) in [6, 6.07) is 17.3. The third kappa shape index (κ3) is 4.44. The number of ether oxygens (including phenoxy) is 2. The summed E-state index contributed by atoms with van der Waals surface area (Å²) in [6.45, 7) is 0.192. The summed E-state index contributed by atoms with van der Waals surface area (Å²) in [4.78, 5) is 12.7. The second-order valence-corrected chi connectivity index (χ2v) is 9.31. The highest BCUT2D eigenvalue weighted by atomic mass is 35.5. The Bertz CT molecular complexity index is 1370. The van der Waals surface area contributed by atoms with Crippen LogP contribution in [-0.4, -0.2) is 34.6 Å². The fourth-order valence-corrected chi connectivity index (χ4v) is 5.26. The van der Waals surface area contributed by atoms with E-state index >= 15 is 0 Å². The van der Waals surface area contributed by atoms with E-state index in [2.05, 4.69) is 5.32 Å². The SMILES string of the molecule is COc1ccc(Cl)cc1S(=O)(=O)N1CCOc2ccc(C(=O)Nc3ccc(C#N)cc3)cc21. The number of carbonyl (C=O) groups excluding carboxylic acids is 1. The van der Waals surface area contributed by atoms with Crippen LogP contribution < -0.4 is 19.1 Å². The van der Waals surface area contributed by atoms with Crippen LogP contribution in [0.1, 0.15) is 15.9 Å². The standard InChI is InChI=1S/C23H18ClN3O5S/c1-31-21-9-5-17(24)13-22(21)33(29,30)27-10-11-32-20-8-4-16(12-19(20)27)23(28)26-18-6-2-15(14-25)3-7-18/h2-9,12-13H,10-11H2,1H3,(H,26,28). The number of anilines is 2. The zero-order valence-corrected chi connectivity index (χ0v) is 19.0. The maximum absolute atomic E-state index is 13.5. The highest BCUT2D eigenvalue weighted by Crippen LogP contribution is 2.38. The van der Waals surface area contributed by atoms with E-state index in [1.165, 1.54) is 35.7 Å². The minimum atomic E-state index is -4.07. The normalized spacial score (nSPS) is 12.8. The van der Waals surface area contributed by atoms with Crippen molar-refractivity contribution in [3.63, 3.8) is 0 Å². The highest BCUT2D eigenvalue weighted by molar-refractivity contribution is 7.93. The molecule has 0 saturated heterocycles. The van der Waals surface area contributed by atoms with Crippen molar-refractivity contribution in [1.82, 2.24) is 0 Å². The van der Waals surface area contributed by atoms with Gasteiger partial charge in [0.1, 0.15) is 23.0 Å². The van der Waals surface area contributed by atoms with E-state index < -0.39 is 15.9 Å². The van der Waals surface area contributed by atoms with Gasteiger partial charge in [-0.3, -0.25) is 9.10 Å². The summed E-state index contributed by atoms with van der Waals surface area (Å²) in [7, 11) is -2.69. The van der Waals surface area contributed by atoms with Gasteiger partial charge in [0.15, 0.2) is 0 Å². The van der Waals surface area contributed by atoms with Crippen molar-refractivity contribution < 1.29 is 22.7 Å². The van der Waals surface area contributed by atoms with Gasteiger partial charge in [0.2, 0.25) is 0 Å². The minimum Gasteiger partial charge on any atom is -0.495 e. The first-order valence-electron chi connectivity index (χ1n) is 9.78. The smallest absolute Gasteiger partial charge is 0.268 e. The van der Waals surface area contributed by atoms with E-state index in [1.54, 1.807) is 36.4 Å². The Morgan fingerprint density at radius 1 is 1.15 bits per heavy atom. The van der Waals surface area contributed by atoms with E-state index in [9.17, 15) is 13.2 Å². The predicted molar refractivity (Wildman–Crippen MR) is 124 cm³/mol. The van der Waals surface area contributed by atoms with Gasteiger partial charge in [0, 0.05) is 16.3 Å². The Morgan fingerprint density at radius 3 is 2.61 bits per heavy atom. The van der Waals surface area contributed by atoms with E-state index in [-0.39, 0.29) is 40.1 Å². The summed E-state index contributed by atoms with van der Waals surface area (Å²) >= 11 is 6.05. The summed E-state index contributed by atoms with van der Waals surface area (Å²) in [5.74, 6) is 0.0497. The molecule has 168 valence electrons. The molecular weight excluding hydrogens is 466 g/mol. The van der Waals surface area contributed by atoms with Crippen LogP contribution in [-0.2, 0) is 10.0 Å². The molecule has 4 rings (SSSR count). The number of amides is 1. The lowest BCUT2D eigenvalue weighted by atomic mass is 10.1. The van der Waals surface area contributed by atoms with Crippen molar-refractivity contribution in [2.45, 2.75) is 4.90 Å². The summed E-state index contributed by atoms with van der Waals surface area (Å²) in [5, 5.41) is 11.9. The van der Waals surface area contributed by atoms with Crippen molar-refractivity contribution in [3.8, 4) is 17.6 Å². The minimum absolute atomic E-state index is 0.0473. The molecule has 1 amide bonds. The number of sulfonamides is 1. The fourth-order valence-electron chi connectivity index (χ4n) is 3.39. The Balaban J connectivity index is 1.69. The highest BCUT2D eigenvalue weighted by Gasteiger charge is 2.33. The molecule has 0 spiro atoms. The molecule has 0 unspecified atom stereocenters. The maximum atomic E-state index is 13.5. The molecule has 1 heterocycles. The number of nitrogens with zero attached hydrogens (tertiary/aromatic N) is 2. The number of carbonyl (C=O) groups is 1. The van der Waals surface area contributed by atoms with Gasteiger partial charge in [0.05, 0.1) is 31.0 Å². The molecule has 3 aromatic rings. The van der Waals surface area contributed by atoms with Gasteiger partial charge in [-0.05, 0) is 60.7 Å². The average Bonchev–Trinajstić information content (AvgIpc) is 2.83. The Kier molecular flexibility index (Phi) is 6.14. The number of nitriles is 1. The van der Waals surface area contributed by atoms with Crippen LogP contribution in [0.3, 0.4) is 0 Å². The second kappa shape index (κ2) is 9.02. The monoisotopic (exact) mass is 483 g/mol. The first-order valence-corrected chi connectivity index (χ1v) is 11.6. The quantitative estimate of drug-likeness (QED) is 0.586. The number of hydrogen-bond donors (Lipinski definition) is 1. The zero-order chi connectivity index (χ0) is 23.6. The molecule has 1 aliphatic heterocycles. The van der Waals surface area contributed by atoms with Gasteiger partial charge < -0.3 is 14.8 Å².